The van der Waals surface area contributed by atoms with Crippen molar-refractivity contribution < 1.29 is 19.2 Å². The van der Waals surface area contributed by atoms with Crippen LogP contribution in [0.5, 0.6) is 0 Å². The van der Waals surface area contributed by atoms with Crippen LogP contribution < -0.4 is 5.73 Å². The Kier molecular flexibility index (Phi) is 2.36. The highest BCUT2D eigenvalue weighted by Gasteiger charge is 2.68. The number of hydrogen-bond acceptors (Lipinski definition) is 2. The summed E-state index contributed by atoms with van der Waals surface area (Å²) in [5, 5.41) is 0. The zero-order valence-corrected chi connectivity index (χ0v) is 12.8. The molecular weight excluding hydrogens is 237 g/mol. The van der Waals surface area contributed by atoms with Crippen LogP contribution >= 0.6 is 0 Å². The molecule has 0 spiro atoms. The third kappa shape index (κ3) is 1.90. The van der Waals surface area contributed by atoms with Gasteiger partial charge < -0.3 is 15.0 Å². The van der Waals surface area contributed by atoms with Crippen molar-refractivity contribution in [1.82, 2.24) is 0 Å². The van der Waals surface area contributed by atoms with Crippen molar-refractivity contribution in [3.8, 4) is 0 Å². The minimum absolute atomic E-state index is 0.0382. The van der Waals surface area contributed by atoms with Crippen LogP contribution in [0.1, 0.15) is 57.9 Å². The van der Waals surface area contributed by atoms with Crippen molar-refractivity contribution in [2.24, 2.45) is 23.2 Å². The molecule has 4 rings (SSSR count). The summed E-state index contributed by atoms with van der Waals surface area (Å²) in [6.45, 7) is 10.2. The van der Waals surface area contributed by atoms with Crippen LogP contribution in [0.4, 0.5) is 0 Å². The van der Waals surface area contributed by atoms with Gasteiger partial charge in [-0.05, 0) is 49.3 Å². The standard InChI is InChI=1S/C15H28BNO2/c1-9(2)6-13(17)16-18-12-8-10-7-11(14(10,3)4)15(12,5)19-16/h9-13H,6-8,17H2,1-5H3/p+1/t10-,11-,12+,13?,15-/m0/s1/i6D2,13D. The first-order chi connectivity index (χ1) is 9.85. The number of quaternary nitrogens is 1. The largest absolute Gasteiger partial charge is 0.521 e. The molecule has 2 bridgehead atoms. The molecule has 1 heterocycles. The van der Waals surface area contributed by atoms with Crippen LogP contribution in [0.3, 0.4) is 0 Å². The van der Waals surface area contributed by atoms with Gasteiger partial charge in [-0.2, -0.15) is 0 Å². The quantitative estimate of drug-likeness (QED) is 0.795. The first kappa shape index (κ1) is 10.6. The molecule has 0 aromatic rings. The molecule has 108 valence electrons. The Morgan fingerprint density at radius 2 is 2.11 bits per heavy atom. The smallest absolute Gasteiger partial charge is 0.401 e. The van der Waals surface area contributed by atoms with Crippen LogP contribution in [0, 0.1) is 23.2 Å². The van der Waals surface area contributed by atoms with E-state index in [1.54, 1.807) is 13.8 Å². The van der Waals surface area contributed by atoms with E-state index in [-0.39, 0.29) is 17.4 Å². The maximum absolute atomic E-state index is 8.54. The highest BCUT2D eigenvalue weighted by atomic mass is 16.7. The molecule has 4 heteroatoms. The zero-order chi connectivity index (χ0) is 16.7. The first-order valence-electron chi connectivity index (χ1n) is 9.03. The van der Waals surface area contributed by atoms with Crippen LogP contribution in [0.2, 0.25) is 0 Å². The summed E-state index contributed by atoms with van der Waals surface area (Å²) in [7, 11) is -0.907. The summed E-state index contributed by atoms with van der Waals surface area (Å²) in [5.41, 5.74) is 3.68. The maximum atomic E-state index is 8.54. The van der Waals surface area contributed by atoms with Gasteiger partial charge in [0, 0.05) is 2.74 Å². The lowest BCUT2D eigenvalue weighted by Gasteiger charge is -2.64. The van der Waals surface area contributed by atoms with Crippen LogP contribution in [-0.2, 0) is 9.31 Å². The van der Waals surface area contributed by atoms with Crippen molar-refractivity contribution in [1.29, 1.82) is 0 Å². The second kappa shape index (κ2) is 4.22. The minimum Gasteiger partial charge on any atom is -0.401 e. The number of hydrogen-bond donors (Lipinski definition) is 1. The van der Waals surface area contributed by atoms with Gasteiger partial charge in [-0.15, -0.1) is 0 Å². The van der Waals surface area contributed by atoms with E-state index >= 15 is 0 Å². The lowest BCUT2D eigenvalue weighted by Crippen LogP contribution is -2.69. The molecule has 0 aromatic heterocycles. The van der Waals surface area contributed by atoms with Gasteiger partial charge in [-0.1, -0.05) is 27.7 Å². The molecular formula is C15H29BNO2+. The van der Waals surface area contributed by atoms with Crippen LogP contribution in [0.15, 0.2) is 0 Å². The fourth-order valence-electron chi connectivity index (χ4n) is 4.45. The highest BCUT2D eigenvalue weighted by Crippen LogP contribution is 2.65. The topological polar surface area (TPSA) is 46.1 Å². The Bertz CT molecular complexity index is 485. The summed E-state index contributed by atoms with van der Waals surface area (Å²) in [5.74, 6) is -0.940. The molecule has 19 heavy (non-hydrogen) atoms. The lowest BCUT2D eigenvalue weighted by atomic mass is 9.43. The monoisotopic (exact) mass is 269 g/mol. The summed E-state index contributed by atoms with van der Waals surface area (Å²) < 4.78 is 37.4. The van der Waals surface area contributed by atoms with Gasteiger partial charge in [0.25, 0.3) is 0 Å². The summed E-state index contributed by atoms with van der Waals surface area (Å²) >= 11 is 0. The van der Waals surface area contributed by atoms with Gasteiger partial charge in [0.2, 0.25) is 0 Å². The van der Waals surface area contributed by atoms with E-state index in [0.29, 0.717) is 11.8 Å². The minimum atomic E-state index is -1.78. The van der Waals surface area contributed by atoms with E-state index in [1.165, 1.54) is 0 Å². The van der Waals surface area contributed by atoms with Gasteiger partial charge in [0.05, 0.1) is 13.1 Å². The SMILES string of the molecule is [2H]C([NH3+])(B1O[C@@H]2C[C@@H]3C[C@@H](C3(C)C)[C@]2(C)O1)C([2H])([2H])C(C)C. The van der Waals surface area contributed by atoms with Gasteiger partial charge in [-0.3, -0.25) is 0 Å². The molecule has 0 radical (unpaired) electrons. The fourth-order valence-corrected chi connectivity index (χ4v) is 4.45. The van der Waals surface area contributed by atoms with Crippen molar-refractivity contribution in [3.63, 3.8) is 0 Å². The third-order valence-electron chi connectivity index (χ3n) is 5.71. The van der Waals surface area contributed by atoms with E-state index in [9.17, 15) is 0 Å². The molecule has 0 amide bonds. The summed E-state index contributed by atoms with van der Waals surface area (Å²) in [4.78, 5) is 0. The lowest BCUT2D eigenvalue weighted by molar-refractivity contribution is -0.400. The maximum Gasteiger partial charge on any atom is 0.521 e. The average molecular weight is 269 g/mol. The third-order valence-corrected chi connectivity index (χ3v) is 5.71. The van der Waals surface area contributed by atoms with Crippen molar-refractivity contribution >= 4 is 7.12 Å². The Labute approximate surface area is 122 Å². The molecule has 3 nitrogen and oxygen atoms in total. The summed E-state index contributed by atoms with van der Waals surface area (Å²) in [6.07, 6.45) is 0.274. The molecule has 1 unspecified atom stereocenters. The highest BCUT2D eigenvalue weighted by molar-refractivity contribution is 6.46. The molecule has 0 aromatic carbocycles. The second-order valence-corrected chi connectivity index (χ2v) is 7.62. The van der Waals surface area contributed by atoms with Crippen molar-refractivity contribution in [3.05, 3.63) is 0 Å². The molecule has 1 saturated heterocycles. The molecule has 3 saturated carbocycles. The van der Waals surface area contributed by atoms with E-state index < -0.39 is 25.0 Å². The average Bonchev–Trinajstić information content (AvgIpc) is 2.75. The van der Waals surface area contributed by atoms with Gasteiger partial charge in [0.1, 0.15) is 5.92 Å². The van der Waals surface area contributed by atoms with Crippen molar-refractivity contribution in [2.75, 3.05) is 0 Å². The van der Waals surface area contributed by atoms with Gasteiger partial charge in [0.15, 0.2) is 0 Å². The Morgan fingerprint density at radius 1 is 1.42 bits per heavy atom. The Morgan fingerprint density at radius 3 is 2.68 bits per heavy atom. The normalized spacial score (nSPS) is 49.7. The molecule has 5 atom stereocenters. The molecule has 3 N–H and O–H groups in total. The Hall–Kier alpha value is -0.0551. The molecule has 1 aliphatic heterocycles. The fraction of sp³-hybridized carbons (Fsp3) is 1.00. The van der Waals surface area contributed by atoms with Crippen molar-refractivity contribution in [2.45, 2.75) is 71.5 Å². The molecule has 4 aliphatic rings. The number of rotatable bonds is 3. The van der Waals surface area contributed by atoms with Crippen LogP contribution in [0.25, 0.3) is 0 Å². The predicted molar refractivity (Wildman–Crippen MR) is 76.2 cm³/mol. The van der Waals surface area contributed by atoms with E-state index in [1.807, 2.05) is 0 Å². The van der Waals surface area contributed by atoms with Gasteiger partial charge in [-0.25, -0.2) is 0 Å². The van der Waals surface area contributed by atoms with Gasteiger partial charge >= 0.3 is 7.12 Å². The van der Waals surface area contributed by atoms with Crippen LogP contribution in [-0.4, -0.2) is 24.7 Å². The summed E-state index contributed by atoms with van der Waals surface area (Å²) in [6, 6.07) is 0. The van der Waals surface area contributed by atoms with E-state index in [4.69, 9.17) is 13.4 Å². The van der Waals surface area contributed by atoms with E-state index in [0.717, 1.165) is 12.8 Å². The second-order valence-electron chi connectivity index (χ2n) is 7.62. The molecule has 3 aliphatic carbocycles. The molecule has 4 fully saturated rings. The first-order valence-corrected chi connectivity index (χ1v) is 7.53. The Balaban J connectivity index is 1.86. The zero-order valence-electron chi connectivity index (χ0n) is 15.8. The van der Waals surface area contributed by atoms with E-state index in [2.05, 4.69) is 26.5 Å². The predicted octanol–water partition coefficient (Wildman–Crippen LogP) is 1.91.